The van der Waals surface area contributed by atoms with E-state index in [0.717, 1.165) is 5.56 Å². The maximum atomic E-state index is 12.9. The number of ether oxygens (including phenoxy) is 2. The largest absolute Gasteiger partial charge is 0.468 e. The van der Waals surface area contributed by atoms with Crippen molar-refractivity contribution in [1.82, 2.24) is 5.32 Å². The van der Waals surface area contributed by atoms with Crippen molar-refractivity contribution in [2.45, 2.75) is 11.7 Å². The van der Waals surface area contributed by atoms with Crippen LogP contribution in [0.25, 0.3) is 0 Å². The third-order valence-electron chi connectivity index (χ3n) is 4.97. The number of methoxy groups -OCH3 is 2. The standard InChI is InChI=1S/C23H19ClN2O5S/c1-30-22(28)15-7-5-14(6-8-15)18-17(11-25)21(26-20(27)19(18)23(29)31-2)32-12-13-3-9-16(24)10-4-13/h3-10,18-19H,12H2,1-2H3,(H,26,27)/t18-,19+/m1/s1. The average Bonchev–Trinajstić information content (AvgIpc) is 2.82. The predicted octanol–water partition coefficient (Wildman–Crippen LogP) is 3.80. The fourth-order valence-electron chi connectivity index (χ4n) is 3.36. The van der Waals surface area contributed by atoms with Crippen molar-refractivity contribution in [2.75, 3.05) is 14.2 Å². The molecule has 0 saturated heterocycles. The Balaban J connectivity index is 2.01. The van der Waals surface area contributed by atoms with Gasteiger partial charge in [0.05, 0.1) is 36.5 Å². The van der Waals surface area contributed by atoms with E-state index < -0.39 is 29.7 Å². The number of hydrogen-bond acceptors (Lipinski definition) is 7. The summed E-state index contributed by atoms with van der Waals surface area (Å²) in [7, 11) is 2.46. The third kappa shape index (κ3) is 4.96. The van der Waals surface area contributed by atoms with Gasteiger partial charge in [-0.1, -0.05) is 35.9 Å². The molecule has 0 saturated carbocycles. The van der Waals surface area contributed by atoms with Gasteiger partial charge in [0, 0.05) is 16.7 Å². The van der Waals surface area contributed by atoms with Crippen LogP contribution < -0.4 is 5.32 Å². The summed E-state index contributed by atoms with van der Waals surface area (Å²) in [5.41, 5.74) is 2.03. The second kappa shape index (κ2) is 10.4. The normalized spacial score (nSPS) is 17.9. The van der Waals surface area contributed by atoms with Gasteiger partial charge in [0.1, 0.15) is 5.92 Å². The Hall–Kier alpha value is -3.28. The maximum absolute atomic E-state index is 12.9. The quantitative estimate of drug-likeness (QED) is 0.505. The molecule has 0 bridgehead atoms. The Morgan fingerprint density at radius 1 is 1.09 bits per heavy atom. The van der Waals surface area contributed by atoms with E-state index in [1.165, 1.54) is 38.1 Å². The molecule has 7 nitrogen and oxygen atoms in total. The van der Waals surface area contributed by atoms with E-state index in [4.69, 9.17) is 21.1 Å². The number of thioether (sulfide) groups is 1. The summed E-state index contributed by atoms with van der Waals surface area (Å²) in [5, 5.41) is 13.6. The first kappa shape index (κ1) is 23.4. The number of halogens is 1. The first-order valence-corrected chi connectivity index (χ1v) is 10.8. The molecule has 1 N–H and O–H groups in total. The zero-order chi connectivity index (χ0) is 23.3. The van der Waals surface area contributed by atoms with E-state index in [-0.39, 0.29) is 5.57 Å². The smallest absolute Gasteiger partial charge is 0.337 e. The van der Waals surface area contributed by atoms with E-state index in [0.29, 0.717) is 26.9 Å². The van der Waals surface area contributed by atoms with E-state index in [2.05, 4.69) is 11.4 Å². The molecule has 0 aromatic heterocycles. The highest BCUT2D eigenvalue weighted by atomic mass is 35.5. The molecule has 0 unspecified atom stereocenters. The molecule has 1 heterocycles. The minimum absolute atomic E-state index is 0.241. The van der Waals surface area contributed by atoms with E-state index in [9.17, 15) is 19.6 Å². The lowest BCUT2D eigenvalue weighted by atomic mass is 9.78. The Kier molecular flexibility index (Phi) is 7.57. The van der Waals surface area contributed by atoms with Crippen LogP contribution in [0.5, 0.6) is 0 Å². The lowest BCUT2D eigenvalue weighted by Gasteiger charge is -2.31. The van der Waals surface area contributed by atoms with Crippen molar-refractivity contribution < 1.29 is 23.9 Å². The number of carbonyl (C=O) groups excluding carboxylic acids is 3. The minimum Gasteiger partial charge on any atom is -0.468 e. The number of nitriles is 1. The molecule has 0 aliphatic carbocycles. The summed E-state index contributed by atoms with van der Waals surface area (Å²) in [6.45, 7) is 0. The number of benzene rings is 2. The summed E-state index contributed by atoms with van der Waals surface area (Å²) in [5.74, 6) is -3.44. The van der Waals surface area contributed by atoms with Gasteiger partial charge >= 0.3 is 11.9 Å². The highest BCUT2D eigenvalue weighted by Crippen LogP contribution is 2.40. The zero-order valence-electron chi connectivity index (χ0n) is 17.3. The Labute approximate surface area is 194 Å². The summed E-state index contributed by atoms with van der Waals surface area (Å²) in [6.07, 6.45) is 0. The molecule has 1 aliphatic rings. The van der Waals surface area contributed by atoms with E-state index >= 15 is 0 Å². The van der Waals surface area contributed by atoms with Crippen molar-refractivity contribution in [1.29, 1.82) is 5.26 Å². The molecule has 32 heavy (non-hydrogen) atoms. The first-order valence-electron chi connectivity index (χ1n) is 9.48. The molecule has 2 atom stereocenters. The molecule has 2 aromatic carbocycles. The van der Waals surface area contributed by atoms with Gasteiger partial charge in [-0.05, 0) is 35.4 Å². The number of amides is 1. The van der Waals surface area contributed by atoms with Crippen molar-refractivity contribution in [3.8, 4) is 6.07 Å². The molecular formula is C23H19ClN2O5S. The van der Waals surface area contributed by atoms with Crippen molar-refractivity contribution >= 4 is 41.2 Å². The lowest BCUT2D eigenvalue weighted by Crippen LogP contribution is -2.44. The molecule has 1 aliphatic heterocycles. The predicted molar refractivity (Wildman–Crippen MR) is 120 cm³/mol. The lowest BCUT2D eigenvalue weighted by molar-refractivity contribution is -0.150. The number of esters is 2. The van der Waals surface area contributed by atoms with Crippen molar-refractivity contribution in [3.63, 3.8) is 0 Å². The Bertz CT molecular complexity index is 1110. The average molecular weight is 471 g/mol. The van der Waals surface area contributed by atoms with Crippen LogP contribution in [0.15, 0.2) is 59.1 Å². The third-order valence-corrected chi connectivity index (χ3v) is 6.31. The SMILES string of the molecule is COC(=O)c1ccc([C@@H]2C(C#N)=C(SCc3ccc(Cl)cc3)NC(=O)[C@H]2C(=O)OC)cc1. The van der Waals surface area contributed by atoms with Gasteiger partial charge in [-0.3, -0.25) is 9.59 Å². The molecule has 2 aromatic rings. The number of allylic oxidation sites excluding steroid dienone is 1. The summed E-state index contributed by atoms with van der Waals surface area (Å²) in [4.78, 5) is 37.1. The van der Waals surface area contributed by atoms with Gasteiger partial charge in [-0.25, -0.2) is 4.79 Å². The van der Waals surface area contributed by atoms with Crippen molar-refractivity contribution in [2.24, 2.45) is 5.92 Å². The Morgan fingerprint density at radius 2 is 1.75 bits per heavy atom. The molecule has 0 spiro atoms. The van der Waals surface area contributed by atoms with Gasteiger partial charge in [0.25, 0.3) is 0 Å². The van der Waals surface area contributed by atoms with Gasteiger partial charge in [0.15, 0.2) is 0 Å². The van der Waals surface area contributed by atoms with Crippen LogP contribution in [0.3, 0.4) is 0 Å². The second-order valence-corrected chi connectivity index (χ2v) is 8.27. The van der Waals surface area contributed by atoms with E-state index in [1.807, 2.05) is 12.1 Å². The first-order chi connectivity index (χ1) is 15.4. The molecule has 164 valence electrons. The fourth-order valence-corrected chi connectivity index (χ4v) is 4.49. The van der Waals surface area contributed by atoms with Crippen LogP contribution in [0.4, 0.5) is 0 Å². The topological polar surface area (TPSA) is 105 Å². The number of hydrogen-bond donors (Lipinski definition) is 1. The van der Waals surface area contributed by atoms with Crippen molar-refractivity contribution in [3.05, 3.63) is 80.8 Å². The molecule has 3 rings (SSSR count). The molecule has 0 fully saturated rings. The molecular weight excluding hydrogens is 452 g/mol. The summed E-state index contributed by atoms with van der Waals surface area (Å²) < 4.78 is 9.54. The number of carbonyl (C=O) groups is 3. The van der Waals surface area contributed by atoms with Gasteiger partial charge in [0.2, 0.25) is 5.91 Å². The zero-order valence-corrected chi connectivity index (χ0v) is 18.8. The highest BCUT2D eigenvalue weighted by Gasteiger charge is 2.44. The molecule has 9 heteroatoms. The summed E-state index contributed by atoms with van der Waals surface area (Å²) in [6, 6.07) is 15.6. The van der Waals surface area contributed by atoms with Crippen LogP contribution in [-0.2, 0) is 24.8 Å². The number of nitrogens with zero attached hydrogens (tertiary/aromatic N) is 1. The Morgan fingerprint density at radius 3 is 2.31 bits per heavy atom. The van der Waals surface area contributed by atoms with Gasteiger partial charge in [-0.2, -0.15) is 5.26 Å². The van der Waals surface area contributed by atoms with Crippen LogP contribution in [0.2, 0.25) is 5.02 Å². The summed E-state index contributed by atoms with van der Waals surface area (Å²) >= 11 is 7.20. The van der Waals surface area contributed by atoms with Gasteiger partial charge in [-0.15, -0.1) is 11.8 Å². The number of nitrogens with one attached hydrogen (secondary N) is 1. The number of rotatable bonds is 6. The van der Waals surface area contributed by atoms with E-state index in [1.54, 1.807) is 24.3 Å². The van der Waals surface area contributed by atoms with Crippen LogP contribution >= 0.6 is 23.4 Å². The maximum Gasteiger partial charge on any atom is 0.337 e. The molecule has 1 amide bonds. The fraction of sp³-hybridized carbons (Fsp3) is 0.217. The highest BCUT2D eigenvalue weighted by molar-refractivity contribution is 8.02. The van der Waals surface area contributed by atoms with Crippen LogP contribution in [0, 0.1) is 17.2 Å². The van der Waals surface area contributed by atoms with Gasteiger partial charge < -0.3 is 14.8 Å². The van der Waals surface area contributed by atoms with Crippen LogP contribution in [-0.4, -0.2) is 32.1 Å². The monoisotopic (exact) mass is 470 g/mol. The minimum atomic E-state index is -1.24. The second-order valence-electron chi connectivity index (χ2n) is 6.85. The molecule has 0 radical (unpaired) electrons. The van der Waals surface area contributed by atoms with Crippen LogP contribution in [0.1, 0.15) is 27.4 Å².